The maximum Gasteiger partial charge on any atom is 0.255 e. The first kappa shape index (κ1) is 23.4. The average Bonchev–Trinajstić information content (AvgIpc) is 2.87. The van der Waals surface area contributed by atoms with E-state index in [-0.39, 0.29) is 23.6 Å². The second-order valence-corrected chi connectivity index (χ2v) is 8.70. The molecular formula is C26H25ClN4O3. The number of anilines is 2. The Morgan fingerprint density at radius 1 is 0.941 bits per heavy atom. The van der Waals surface area contributed by atoms with Crippen LogP contribution in [-0.2, 0) is 4.79 Å². The van der Waals surface area contributed by atoms with E-state index in [0.717, 1.165) is 5.56 Å². The molecule has 1 aromatic heterocycles. The fraction of sp³-hybridized carbons (Fsp3) is 0.231. The minimum Gasteiger partial charge on any atom is -0.339 e. The lowest BCUT2D eigenvalue weighted by Gasteiger charge is -2.31. The third kappa shape index (κ3) is 5.61. The zero-order valence-electron chi connectivity index (χ0n) is 18.8. The standard InChI is InChI=1S/C26H25ClN4O3/c1-17-7-8-20(15-22(17)29-24(32)18-5-3-2-4-6-18)26(34)31-13-11-19(12-14-31)25(33)30-23-10-9-21(27)16-28-23/h2-10,15-16,19H,11-14H2,1H3,(H,29,32)(H,28,30,33). The summed E-state index contributed by atoms with van der Waals surface area (Å²) in [7, 11) is 0. The van der Waals surface area contributed by atoms with Crippen LogP contribution in [0.1, 0.15) is 39.1 Å². The predicted molar refractivity (Wildman–Crippen MR) is 132 cm³/mol. The molecule has 2 aromatic carbocycles. The highest BCUT2D eigenvalue weighted by Crippen LogP contribution is 2.23. The molecule has 1 aliphatic heterocycles. The topological polar surface area (TPSA) is 91.4 Å². The van der Waals surface area contributed by atoms with Gasteiger partial charge in [-0.25, -0.2) is 4.98 Å². The summed E-state index contributed by atoms with van der Waals surface area (Å²) < 4.78 is 0. The lowest BCUT2D eigenvalue weighted by atomic mass is 9.95. The molecule has 8 heteroatoms. The van der Waals surface area contributed by atoms with Crippen molar-refractivity contribution in [3.05, 3.63) is 88.6 Å². The monoisotopic (exact) mass is 476 g/mol. The average molecular weight is 477 g/mol. The normalized spacial score (nSPS) is 13.9. The number of pyridine rings is 1. The van der Waals surface area contributed by atoms with Crippen LogP contribution in [0.25, 0.3) is 0 Å². The second-order valence-electron chi connectivity index (χ2n) is 8.27. The van der Waals surface area contributed by atoms with Crippen molar-refractivity contribution in [2.45, 2.75) is 19.8 Å². The van der Waals surface area contributed by atoms with Gasteiger partial charge in [-0.3, -0.25) is 14.4 Å². The number of nitrogens with one attached hydrogen (secondary N) is 2. The number of hydrogen-bond donors (Lipinski definition) is 2. The summed E-state index contributed by atoms with van der Waals surface area (Å²) in [6.07, 6.45) is 2.61. The van der Waals surface area contributed by atoms with Crippen LogP contribution < -0.4 is 10.6 Å². The summed E-state index contributed by atoms with van der Waals surface area (Å²) in [5.74, 6) is -0.190. The number of carbonyl (C=O) groups is 3. The van der Waals surface area contributed by atoms with Crippen LogP contribution >= 0.6 is 11.6 Å². The molecule has 3 amide bonds. The zero-order chi connectivity index (χ0) is 24.1. The van der Waals surface area contributed by atoms with Gasteiger partial charge in [0.15, 0.2) is 0 Å². The summed E-state index contributed by atoms with van der Waals surface area (Å²) in [6.45, 7) is 2.84. The molecule has 1 saturated heterocycles. The quantitative estimate of drug-likeness (QED) is 0.554. The third-order valence-electron chi connectivity index (χ3n) is 5.90. The van der Waals surface area contributed by atoms with Gasteiger partial charge in [0.2, 0.25) is 5.91 Å². The van der Waals surface area contributed by atoms with Crippen molar-refractivity contribution >= 4 is 40.8 Å². The highest BCUT2D eigenvalue weighted by atomic mass is 35.5. The molecule has 2 heterocycles. The van der Waals surface area contributed by atoms with Gasteiger partial charge in [0.1, 0.15) is 5.82 Å². The van der Waals surface area contributed by atoms with E-state index in [9.17, 15) is 14.4 Å². The highest BCUT2D eigenvalue weighted by molar-refractivity contribution is 6.30. The van der Waals surface area contributed by atoms with Gasteiger partial charge in [0, 0.05) is 42.0 Å². The molecule has 0 spiro atoms. The van der Waals surface area contributed by atoms with Gasteiger partial charge in [0.05, 0.1) is 5.02 Å². The summed E-state index contributed by atoms with van der Waals surface area (Å²) in [4.78, 5) is 44.1. The minimum absolute atomic E-state index is 0.108. The highest BCUT2D eigenvalue weighted by Gasteiger charge is 2.28. The van der Waals surface area contributed by atoms with Gasteiger partial charge in [0.25, 0.3) is 11.8 Å². The van der Waals surface area contributed by atoms with Crippen LogP contribution in [0, 0.1) is 12.8 Å². The number of amides is 3. The van der Waals surface area contributed by atoms with E-state index in [1.54, 1.807) is 53.4 Å². The van der Waals surface area contributed by atoms with Crippen LogP contribution in [-0.4, -0.2) is 40.7 Å². The molecule has 7 nitrogen and oxygen atoms in total. The summed E-state index contributed by atoms with van der Waals surface area (Å²) >= 11 is 5.83. The Morgan fingerprint density at radius 3 is 2.35 bits per heavy atom. The zero-order valence-corrected chi connectivity index (χ0v) is 19.5. The van der Waals surface area contributed by atoms with Crippen LogP contribution in [0.5, 0.6) is 0 Å². The molecule has 1 aliphatic rings. The fourth-order valence-electron chi connectivity index (χ4n) is 3.88. The van der Waals surface area contributed by atoms with E-state index in [4.69, 9.17) is 11.6 Å². The van der Waals surface area contributed by atoms with Crippen LogP contribution in [0.15, 0.2) is 66.9 Å². The van der Waals surface area contributed by atoms with Crippen molar-refractivity contribution in [2.24, 2.45) is 5.92 Å². The molecule has 0 radical (unpaired) electrons. The van der Waals surface area contributed by atoms with E-state index in [1.807, 2.05) is 19.1 Å². The molecule has 0 aliphatic carbocycles. The first-order valence-electron chi connectivity index (χ1n) is 11.1. The van der Waals surface area contributed by atoms with Crippen molar-refractivity contribution in [2.75, 3.05) is 23.7 Å². The summed E-state index contributed by atoms with van der Waals surface area (Å²) in [5, 5.41) is 6.21. The lowest BCUT2D eigenvalue weighted by Crippen LogP contribution is -2.41. The Bertz CT molecular complexity index is 1190. The summed E-state index contributed by atoms with van der Waals surface area (Å²) in [5.41, 5.74) is 2.52. The van der Waals surface area contributed by atoms with Gasteiger partial charge >= 0.3 is 0 Å². The Hall–Kier alpha value is -3.71. The van der Waals surface area contributed by atoms with Crippen molar-refractivity contribution in [1.82, 2.24) is 9.88 Å². The number of carbonyl (C=O) groups excluding carboxylic acids is 3. The molecule has 2 N–H and O–H groups in total. The Labute approximate surface area is 203 Å². The van der Waals surface area contributed by atoms with Crippen molar-refractivity contribution < 1.29 is 14.4 Å². The molecule has 0 unspecified atom stereocenters. The van der Waals surface area contributed by atoms with E-state index in [1.165, 1.54) is 6.20 Å². The minimum atomic E-state index is -0.227. The number of aryl methyl sites for hydroxylation is 1. The molecule has 1 fully saturated rings. The number of likely N-dealkylation sites (tertiary alicyclic amines) is 1. The Balaban J connectivity index is 1.36. The molecule has 0 bridgehead atoms. The lowest BCUT2D eigenvalue weighted by molar-refractivity contribution is -0.121. The molecular weight excluding hydrogens is 452 g/mol. The second kappa shape index (κ2) is 10.5. The smallest absolute Gasteiger partial charge is 0.255 e. The molecule has 0 atom stereocenters. The number of benzene rings is 2. The van der Waals surface area contributed by atoms with Crippen LogP contribution in [0.4, 0.5) is 11.5 Å². The Morgan fingerprint density at radius 2 is 1.68 bits per heavy atom. The Kier molecular flexibility index (Phi) is 7.23. The van der Waals surface area contributed by atoms with Gasteiger partial charge < -0.3 is 15.5 Å². The van der Waals surface area contributed by atoms with E-state index in [2.05, 4.69) is 15.6 Å². The van der Waals surface area contributed by atoms with Gasteiger partial charge in [-0.05, 0) is 61.7 Å². The van der Waals surface area contributed by atoms with Crippen molar-refractivity contribution in [1.29, 1.82) is 0 Å². The predicted octanol–water partition coefficient (Wildman–Crippen LogP) is 4.79. The molecule has 4 rings (SSSR count). The number of hydrogen-bond acceptors (Lipinski definition) is 4. The van der Waals surface area contributed by atoms with Crippen LogP contribution in [0.3, 0.4) is 0 Å². The van der Waals surface area contributed by atoms with E-state index < -0.39 is 0 Å². The van der Waals surface area contributed by atoms with E-state index in [0.29, 0.717) is 53.6 Å². The largest absolute Gasteiger partial charge is 0.339 e. The number of rotatable bonds is 5. The van der Waals surface area contributed by atoms with Gasteiger partial charge in [-0.1, -0.05) is 35.9 Å². The molecule has 34 heavy (non-hydrogen) atoms. The van der Waals surface area contributed by atoms with Crippen LogP contribution in [0.2, 0.25) is 5.02 Å². The SMILES string of the molecule is Cc1ccc(C(=O)N2CCC(C(=O)Nc3ccc(Cl)cn3)CC2)cc1NC(=O)c1ccccc1. The van der Waals surface area contributed by atoms with Gasteiger partial charge in [-0.2, -0.15) is 0 Å². The fourth-order valence-corrected chi connectivity index (χ4v) is 3.99. The summed E-state index contributed by atoms with van der Waals surface area (Å²) in [6, 6.07) is 17.6. The molecule has 174 valence electrons. The number of piperidine rings is 1. The molecule has 0 saturated carbocycles. The van der Waals surface area contributed by atoms with Crippen molar-refractivity contribution in [3.63, 3.8) is 0 Å². The first-order valence-corrected chi connectivity index (χ1v) is 11.5. The van der Waals surface area contributed by atoms with Gasteiger partial charge in [-0.15, -0.1) is 0 Å². The molecule has 3 aromatic rings. The maximum atomic E-state index is 13.1. The number of aromatic nitrogens is 1. The number of nitrogens with zero attached hydrogens (tertiary/aromatic N) is 2. The first-order chi connectivity index (χ1) is 16.4. The van der Waals surface area contributed by atoms with E-state index >= 15 is 0 Å². The maximum absolute atomic E-state index is 13.1. The number of halogens is 1. The van der Waals surface area contributed by atoms with Crippen molar-refractivity contribution in [3.8, 4) is 0 Å². The third-order valence-corrected chi connectivity index (χ3v) is 6.12.